The predicted molar refractivity (Wildman–Crippen MR) is 155 cm³/mol. The first kappa shape index (κ1) is 30.2. The van der Waals surface area contributed by atoms with Gasteiger partial charge in [-0.15, -0.1) is 5.10 Å². The summed E-state index contributed by atoms with van der Waals surface area (Å²) in [7, 11) is 0. The van der Waals surface area contributed by atoms with Crippen LogP contribution in [0.2, 0.25) is 0 Å². The number of tetrazole rings is 1. The van der Waals surface area contributed by atoms with Crippen molar-refractivity contribution in [3.63, 3.8) is 0 Å². The zero-order valence-corrected chi connectivity index (χ0v) is 23.9. The molecule has 0 spiro atoms. The van der Waals surface area contributed by atoms with E-state index < -0.39 is 6.04 Å². The third-order valence-corrected chi connectivity index (χ3v) is 7.30. The minimum atomic E-state index is -0.492. The van der Waals surface area contributed by atoms with Crippen molar-refractivity contribution < 1.29 is 14.4 Å². The molecule has 0 aliphatic rings. The number of hydrogen-bond acceptors (Lipinski definition) is 8. The summed E-state index contributed by atoms with van der Waals surface area (Å²) in [5, 5.41) is 20.5. The van der Waals surface area contributed by atoms with Crippen LogP contribution in [-0.4, -0.2) is 55.8 Å². The zero-order chi connectivity index (χ0) is 28.2. The van der Waals surface area contributed by atoms with Crippen molar-refractivity contribution in [2.24, 2.45) is 11.8 Å². The maximum absolute atomic E-state index is 12.9. The summed E-state index contributed by atoms with van der Waals surface area (Å²) in [5.74, 6) is 1.06. The Labute approximate surface area is 234 Å². The first-order valence-corrected chi connectivity index (χ1v) is 14.4. The van der Waals surface area contributed by atoms with Gasteiger partial charge in [0.1, 0.15) is 0 Å². The second-order valence-electron chi connectivity index (χ2n) is 10.0. The molecular formula is C29H38N6O3S. The molecule has 10 heteroatoms. The van der Waals surface area contributed by atoms with Crippen molar-refractivity contribution in [2.45, 2.75) is 59.5 Å². The lowest BCUT2D eigenvalue weighted by atomic mass is 9.97. The van der Waals surface area contributed by atoms with E-state index in [1.165, 1.54) is 18.7 Å². The summed E-state index contributed by atoms with van der Waals surface area (Å²) >= 11 is 1.17. The quantitative estimate of drug-likeness (QED) is 0.254. The number of H-pyrrole nitrogens is 1. The fraction of sp³-hybridized carbons (Fsp3) is 0.448. The van der Waals surface area contributed by atoms with E-state index in [0.717, 1.165) is 28.7 Å². The molecule has 1 amide bonds. The Morgan fingerprint density at radius 2 is 1.74 bits per heavy atom. The molecule has 2 aromatic carbocycles. The highest BCUT2D eigenvalue weighted by Gasteiger charge is 2.23. The fourth-order valence-electron chi connectivity index (χ4n) is 4.36. The molecule has 208 valence electrons. The normalized spacial score (nSPS) is 12.7. The molecule has 0 aliphatic carbocycles. The molecule has 39 heavy (non-hydrogen) atoms. The Bertz CT molecular complexity index is 1210. The van der Waals surface area contributed by atoms with E-state index in [1.807, 2.05) is 55.5 Å². The van der Waals surface area contributed by atoms with Crippen LogP contribution in [0.25, 0.3) is 22.5 Å². The number of benzene rings is 2. The second-order valence-corrected chi connectivity index (χ2v) is 11.2. The summed E-state index contributed by atoms with van der Waals surface area (Å²) in [6, 6.07) is 15.5. The van der Waals surface area contributed by atoms with Crippen LogP contribution in [-0.2, 0) is 20.9 Å². The van der Waals surface area contributed by atoms with Gasteiger partial charge in [-0.2, -0.15) is 0 Å². The molecule has 2 unspecified atom stereocenters. The molecule has 0 radical (unpaired) electrons. The van der Waals surface area contributed by atoms with Gasteiger partial charge in [-0.1, -0.05) is 81.1 Å². The van der Waals surface area contributed by atoms with Crippen LogP contribution in [0.4, 0.5) is 0 Å². The third-order valence-electron chi connectivity index (χ3n) is 6.33. The third kappa shape index (κ3) is 9.40. The first-order chi connectivity index (χ1) is 18.8. The number of thioether (sulfide) groups is 1. The SMILES string of the molecule is CCCC(=O)C(CNC(=O)C(CSC(C)=O)CC(C)C)NCc1ccc(-c2ccccc2-c2nnn[nH]2)cc1. The largest absolute Gasteiger partial charge is 0.354 e. The average Bonchev–Trinajstić information content (AvgIpc) is 3.46. The van der Waals surface area contributed by atoms with E-state index in [9.17, 15) is 14.4 Å². The van der Waals surface area contributed by atoms with Gasteiger partial charge in [0.25, 0.3) is 0 Å². The van der Waals surface area contributed by atoms with E-state index >= 15 is 0 Å². The number of aromatic amines is 1. The Kier molecular flexibility index (Phi) is 11.8. The molecule has 2 atom stereocenters. The summed E-state index contributed by atoms with van der Waals surface area (Å²) in [6.45, 7) is 8.30. The van der Waals surface area contributed by atoms with Gasteiger partial charge in [-0.05, 0) is 45.9 Å². The lowest BCUT2D eigenvalue weighted by molar-refractivity contribution is -0.125. The maximum Gasteiger partial charge on any atom is 0.224 e. The standard InChI is InChI=1S/C29H38N6O3S/c1-5-8-27(37)26(17-31-29(38)23(15-19(2)3)18-39-20(4)36)30-16-21-11-13-22(14-12-21)24-9-6-7-10-25(24)28-32-34-35-33-28/h6-7,9-14,19,23,26,30H,5,8,15-18H2,1-4H3,(H,31,38)(H,32,33,34,35). The summed E-state index contributed by atoms with van der Waals surface area (Å²) in [5.41, 5.74) is 3.96. The van der Waals surface area contributed by atoms with Crippen molar-refractivity contribution >= 4 is 28.6 Å². The van der Waals surface area contributed by atoms with Crippen LogP contribution in [0.15, 0.2) is 48.5 Å². The number of amides is 1. The summed E-state index contributed by atoms with van der Waals surface area (Å²) < 4.78 is 0. The second kappa shape index (κ2) is 15.3. The van der Waals surface area contributed by atoms with Gasteiger partial charge in [0.05, 0.1) is 6.04 Å². The van der Waals surface area contributed by atoms with Gasteiger partial charge in [0, 0.05) is 43.7 Å². The van der Waals surface area contributed by atoms with Crippen molar-refractivity contribution in [1.29, 1.82) is 0 Å². The highest BCUT2D eigenvalue weighted by Crippen LogP contribution is 2.29. The van der Waals surface area contributed by atoms with Gasteiger partial charge in [-0.3, -0.25) is 14.4 Å². The van der Waals surface area contributed by atoms with Gasteiger partial charge >= 0.3 is 0 Å². The molecule has 1 aromatic heterocycles. The molecule has 9 nitrogen and oxygen atoms in total. The van der Waals surface area contributed by atoms with E-state index in [1.54, 1.807) is 0 Å². The zero-order valence-electron chi connectivity index (χ0n) is 23.1. The lowest BCUT2D eigenvalue weighted by Gasteiger charge is -2.22. The van der Waals surface area contributed by atoms with Crippen molar-refractivity contribution in [1.82, 2.24) is 31.3 Å². The van der Waals surface area contributed by atoms with Gasteiger partial charge in [0.15, 0.2) is 16.7 Å². The molecule has 3 N–H and O–H groups in total. The molecule has 0 aliphatic heterocycles. The number of ketones is 1. The van der Waals surface area contributed by atoms with Crippen molar-refractivity contribution in [3.8, 4) is 22.5 Å². The highest BCUT2D eigenvalue weighted by atomic mass is 32.2. The van der Waals surface area contributed by atoms with Crippen LogP contribution < -0.4 is 10.6 Å². The smallest absolute Gasteiger partial charge is 0.224 e. The summed E-state index contributed by atoms with van der Waals surface area (Å²) in [6.07, 6.45) is 1.87. The molecule has 0 bridgehead atoms. The van der Waals surface area contributed by atoms with Crippen molar-refractivity contribution in [2.75, 3.05) is 12.3 Å². The minimum absolute atomic E-state index is 0.00119. The molecule has 0 fully saturated rings. The molecule has 3 aromatic rings. The average molecular weight is 551 g/mol. The number of hydrogen-bond donors (Lipinski definition) is 3. The Balaban J connectivity index is 1.64. The van der Waals surface area contributed by atoms with Crippen LogP contribution >= 0.6 is 11.8 Å². The van der Waals surface area contributed by atoms with Crippen LogP contribution in [0.1, 0.15) is 52.5 Å². The number of carbonyl (C=O) groups excluding carboxylic acids is 3. The lowest BCUT2D eigenvalue weighted by Crippen LogP contribution is -2.47. The molecule has 3 rings (SSSR count). The van der Waals surface area contributed by atoms with E-state index in [2.05, 4.69) is 45.1 Å². The van der Waals surface area contributed by atoms with Crippen LogP contribution in [0, 0.1) is 11.8 Å². The maximum atomic E-state index is 12.9. The topological polar surface area (TPSA) is 130 Å². The highest BCUT2D eigenvalue weighted by molar-refractivity contribution is 8.13. The summed E-state index contributed by atoms with van der Waals surface area (Å²) in [4.78, 5) is 37.2. The number of nitrogens with one attached hydrogen (secondary N) is 3. The van der Waals surface area contributed by atoms with Crippen LogP contribution in [0.3, 0.4) is 0 Å². The van der Waals surface area contributed by atoms with E-state index in [-0.39, 0.29) is 29.3 Å². The first-order valence-electron chi connectivity index (χ1n) is 13.4. The van der Waals surface area contributed by atoms with E-state index in [4.69, 9.17) is 0 Å². The van der Waals surface area contributed by atoms with Gasteiger partial charge < -0.3 is 10.6 Å². The monoisotopic (exact) mass is 550 g/mol. The predicted octanol–water partition coefficient (Wildman–Crippen LogP) is 4.42. The van der Waals surface area contributed by atoms with E-state index in [0.29, 0.717) is 36.9 Å². The molecule has 0 saturated heterocycles. The molecule has 0 saturated carbocycles. The van der Waals surface area contributed by atoms with Gasteiger partial charge in [-0.25, -0.2) is 5.10 Å². The van der Waals surface area contributed by atoms with Gasteiger partial charge in [0.2, 0.25) is 5.91 Å². The van der Waals surface area contributed by atoms with Crippen molar-refractivity contribution in [3.05, 3.63) is 54.1 Å². The fourth-order valence-corrected chi connectivity index (χ4v) is 5.09. The molecule has 1 heterocycles. The Morgan fingerprint density at radius 3 is 2.36 bits per heavy atom. The number of rotatable bonds is 15. The number of carbonyl (C=O) groups is 3. The minimum Gasteiger partial charge on any atom is -0.354 e. The number of aromatic nitrogens is 4. The molecular weight excluding hydrogens is 512 g/mol. The Morgan fingerprint density at radius 1 is 1.03 bits per heavy atom. The number of Topliss-reactive ketones (excluding diaryl/α,β-unsaturated/α-hetero) is 1. The van der Waals surface area contributed by atoms with Crippen LogP contribution in [0.5, 0.6) is 0 Å². The number of nitrogens with zero attached hydrogens (tertiary/aromatic N) is 3. The Hall–Kier alpha value is -3.37.